The molecule has 1 aliphatic heterocycles. The molecule has 2 fully saturated rings. The number of imide groups is 1. The van der Waals surface area contributed by atoms with Gasteiger partial charge in [0, 0.05) is 6.54 Å². The standard InChI is InChI=1S/C14H24N2O3/c1-11(2)19-10-9-16-13(18)15-12(17)14(16)7-5-3-4-6-8-14/h11H,3-10H2,1-2H3,(H,15,17,18). The number of rotatable bonds is 4. The molecule has 1 N–H and O–H groups in total. The van der Waals surface area contributed by atoms with Crippen LogP contribution >= 0.6 is 0 Å². The SMILES string of the molecule is CC(C)OCCN1C(=O)NC(=O)C12CCCCCC2. The van der Waals surface area contributed by atoms with Crippen molar-refractivity contribution >= 4 is 11.9 Å². The summed E-state index contributed by atoms with van der Waals surface area (Å²) in [6.07, 6.45) is 6.05. The summed E-state index contributed by atoms with van der Waals surface area (Å²) < 4.78 is 5.52. The van der Waals surface area contributed by atoms with Crippen LogP contribution in [0.2, 0.25) is 0 Å². The third-order valence-corrected chi connectivity index (χ3v) is 4.10. The molecular formula is C14H24N2O3. The van der Waals surface area contributed by atoms with Gasteiger partial charge in [-0.2, -0.15) is 0 Å². The van der Waals surface area contributed by atoms with E-state index in [0.717, 1.165) is 38.5 Å². The number of hydrogen-bond acceptors (Lipinski definition) is 3. The Morgan fingerprint density at radius 1 is 1.21 bits per heavy atom. The van der Waals surface area contributed by atoms with Crippen LogP contribution in [0.15, 0.2) is 0 Å². The van der Waals surface area contributed by atoms with Gasteiger partial charge in [0.05, 0.1) is 12.7 Å². The van der Waals surface area contributed by atoms with Crippen LogP contribution in [0.5, 0.6) is 0 Å². The molecule has 0 aromatic rings. The van der Waals surface area contributed by atoms with E-state index in [4.69, 9.17) is 4.74 Å². The van der Waals surface area contributed by atoms with E-state index in [0.29, 0.717) is 13.2 Å². The summed E-state index contributed by atoms with van der Waals surface area (Å²) in [6, 6.07) is -0.251. The first-order valence-corrected chi connectivity index (χ1v) is 7.31. The summed E-state index contributed by atoms with van der Waals surface area (Å²) in [7, 11) is 0. The van der Waals surface area contributed by atoms with E-state index in [9.17, 15) is 9.59 Å². The fraction of sp³-hybridized carbons (Fsp3) is 0.857. The van der Waals surface area contributed by atoms with Gasteiger partial charge < -0.3 is 9.64 Å². The molecule has 0 bridgehead atoms. The van der Waals surface area contributed by atoms with E-state index < -0.39 is 5.54 Å². The second-order valence-corrected chi connectivity index (χ2v) is 5.78. The first-order valence-electron chi connectivity index (χ1n) is 7.31. The molecule has 0 radical (unpaired) electrons. The molecule has 2 aliphatic rings. The molecule has 1 spiro atoms. The van der Waals surface area contributed by atoms with Crippen molar-refractivity contribution in [2.45, 2.75) is 64.0 Å². The molecule has 1 heterocycles. The monoisotopic (exact) mass is 268 g/mol. The molecule has 19 heavy (non-hydrogen) atoms. The van der Waals surface area contributed by atoms with Crippen LogP contribution in [-0.2, 0) is 9.53 Å². The highest BCUT2D eigenvalue weighted by atomic mass is 16.5. The number of carbonyl (C=O) groups excluding carboxylic acids is 2. The van der Waals surface area contributed by atoms with Crippen LogP contribution in [0.3, 0.4) is 0 Å². The predicted octanol–water partition coefficient (Wildman–Crippen LogP) is 2.06. The molecule has 5 nitrogen and oxygen atoms in total. The summed E-state index contributed by atoms with van der Waals surface area (Å²) in [4.78, 5) is 25.9. The van der Waals surface area contributed by atoms with Gasteiger partial charge in [0.25, 0.3) is 5.91 Å². The van der Waals surface area contributed by atoms with Gasteiger partial charge in [-0.1, -0.05) is 25.7 Å². The number of nitrogens with one attached hydrogen (secondary N) is 1. The molecule has 0 atom stereocenters. The van der Waals surface area contributed by atoms with E-state index in [-0.39, 0.29) is 18.0 Å². The Hall–Kier alpha value is -1.10. The van der Waals surface area contributed by atoms with Crippen molar-refractivity contribution in [1.82, 2.24) is 10.2 Å². The molecule has 0 unspecified atom stereocenters. The van der Waals surface area contributed by atoms with Gasteiger partial charge in [0.1, 0.15) is 5.54 Å². The fourth-order valence-electron chi connectivity index (χ4n) is 3.10. The van der Waals surface area contributed by atoms with Crippen molar-refractivity contribution in [3.05, 3.63) is 0 Å². The predicted molar refractivity (Wildman–Crippen MR) is 71.8 cm³/mol. The molecule has 108 valence electrons. The van der Waals surface area contributed by atoms with Crippen molar-refractivity contribution in [1.29, 1.82) is 0 Å². The highest BCUT2D eigenvalue weighted by Gasteiger charge is 2.51. The van der Waals surface area contributed by atoms with Crippen LogP contribution in [0, 0.1) is 0 Å². The van der Waals surface area contributed by atoms with E-state index in [1.807, 2.05) is 13.8 Å². The highest BCUT2D eigenvalue weighted by Crippen LogP contribution is 2.35. The van der Waals surface area contributed by atoms with Gasteiger partial charge in [0.2, 0.25) is 0 Å². The van der Waals surface area contributed by atoms with Crippen LogP contribution < -0.4 is 5.32 Å². The molecule has 3 amide bonds. The topological polar surface area (TPSA) is 58.6 Å². The van der Waals surface area contributed by atoms with E-state index in [1.54, 1.807) is 4.90 Å². The number of carbonyl (C=O) groups is 2. The summed E-state index contributed by atoms with van der Waals surface area (Å²) in [5.74, 6) is -0.107. The second-order valence-electron chi connectivity index (χ2n) is 5.78. The van der Waals surface area contributed by atoms with Gasteiger partial charge >= 0.3 is 6.03 Å². The average molecular weight is 268 g/mol. The molecule has 1 saturated carbocycles. The summed E-state index contributed by atoms with van der Waals surface area (Å²) in [6.45, 7) is 4.92. The summed E-state index contributed by atoms with van der Waals surface area (Å²) >= 11 is 0. The molecule has 1 aliphatic carbocycles. The van der Waals surface area contributed by atoms with Gasteiger partial charge in [-0.3, -0.25) is 10.1 Å². The Bertz CT molecular complexity index is 347. The lowest BCUT2D eigenvalue weighted by Crippen LogP contribution is -2.50. The van der Waals surface area contributed by atoms with E-state index in [1.165, 1.54) is 0 Å². The zero-order valence-electron chi connectivity index (χ0n) is 11.9. The summed E-state index contributed by atoms with van der Waals surface area (Å²) in [5.41, 5.74) is -0.603. The Kier molecular flexibility index (Phi) is 4.45. The number of nitrogens with zero attached hydrogens (tertiary/aromatic N) is 1. The minimum atomic E-state index is -0.603. The molecule has 5 heteroatoms. The fourth-order valence-corrected chi connectivity index (χ4v) is 3.10. The van der Waals surface area contributed by atoms with Crippen LogP contribution in [0.1, 0.15) is 52.4 Å². The van der Waals surface area contributed by atoms with Crippen molar-refractivity contribution < 1.29 is 14.3 Å². The number of amides is 3. The Morgan fingerprint density at radius 3 is 2.42 bits per heavy atom. The smallest absolute Gasteiger partial charge is 0.325 e. The maximum atomic E-state index is 12.2. The van der Waals surface area contributed by atoms with Crippen LogP contribution in [0.25, 0.3) is 0 Å². The Morgan fingerprint density at radius 2 is 1.84 bits per heavy atom. The Labute approximate surface area is 114 Å². The quantitative estimate of drug-likeness (QED) is 0.794. The normalized spacial score (nSPS) is 23.0. The lowest BCUT2D eigenvalue weighted by atomic mass is 9.89. The lowest BCUT2D eigenvalue weighted by Gasteiger charge is -2.34. The number of ether oxygens (including phenoxy) is 1. The molecule has 1 saturated heterocycles. The third kappa shape index (κ3) is 2.91. The molecule has 0 aromatic carbocycles. The highest BCUT2D eigenvalue weighted by molar-refractivity contribution is 6.07. The van der Waals surface area contributed by atoms with Crippen molar-refractivity contribution in [3.8, 4) is 0 Å². The number of urea groups is 1. The zero-order chi connectivity index (χ0) is 13.9. The lowest BCUT2D eigenvalue weighted by molar-refractivity contribution is -0.127. The first-order chi connectivity index (χ1) is 9.06. The van der Waals surface area contributed by atoms with E-state index >= 15 is 0 Å². The average Bonchev–Trinajstić information content (AvgIpc) is 2.55. The van der Waals surface area contributed by atoms with Crippen molar-refractivity contribution in [3.63, 3.8) is 0 Å². The largest absolute Gasteiger partial charge is 0.377 e. The van der Waals surface area contributed by atoms with Crippen molar-refractivity contribution in [2.75, 3.05) is 13.2 Å². The van der Waals surface area contributed by atoms with Gasteiger partial charge in [-0.25, -0.2) is 4.79 Å². The Balaban J connectivity index is 2.08. The minimum absolute atomic E-state index is 0.107. The van der Waals surface area contributed by atoms with Gasteiger partial charge in [-0.05, 0) is 26.7 Å². The van der Waals surface area contributed by atoms with Crippen LogP contribution in [0.4, 0.5) is 4.79 Å². The maximum Gasteiger partial charge on any atom is 0.325 e. The van der Waals surface area contributed by atoms with Crippen molar-refractivity contribution in [2.24, 2.45) is 0 Å². The molecule has 2 rings (SSSR count). The number of hydrogen-bond donors (Lipinski definition) is 1. The molecule has 0 aromatic heterocycles. The zero-order valence-corrected chi connectivity index (χ0v) is 11.9. The summed E-state index contributed by atoms with van der Waals surface area (Å²) in [5, 5.41) is 2.49. The van der Waals surface area contributed by atoms with E-state index in [2.05, 4.69) is 5.32 Å². The molecular weight excluding hydrogens is 244 g/mol. The van der Waals surface area contributed by atoms with Gasteiger partial charge in [0.15, 0.2) is 0 Å². The third-order valence-electron chi connectivity index (χ3n) is 4.10. The first kappa shape index (κ1) is 14.3. The maximum absolute atomic E-state index is 12.2. The minimum Gasteiger partial charge on any atom is -0.377 e. The second kappa shape index (κ2) is 5.90. The van der Waals surface area contributed by atoms with Crippen LogP contribution in [-0.4, -0.2) is 41.6 Å². The van der Waals surface area contributed by atoms with Gasteiger partial charge in [-0.15, -0.1) is 0 Å².